The Bertz CT molecular complexity index is 223. The fraction of sp³-hybridized carbons (Fsp3) is 0.600. The highest BCUT2D eigenvalue weighted by atomic mass is 32.1. The molecule has 1 aromatic heterocycles. The Labute approximate surface area is 83.6 Å². The van der Waals surface area contributed by atoms with Gasteiger partial charge in [-0.1, -0.05) is 6.92 Å². The summed E-state index contributed by atoms with van der Waals surface area (Å²) in [5, 5.41) is 16.9. The van der Waals surface area contributed by atoms with Crippen molar-refractivity contribution in [2.24, 2.45) is 0 Å². The molecule has 0 aliphatic heterocycles. The van der Waals surface area contributed by atoms with Gasteiger partial charge in [-0.3, -0.25) is 0 Å². The monoisotopic (exact) mass is 199 g/mol. The van der Waals surface area contributed by atoms with Crippen molar-refractivity contribution in [3.63, 3.8) is 0 Å². The second-order valence-electron chi connectivity index (χ2n) is 3.29. The smallest absolute Gasteiger partial charge is 0.0922 e. The molecule has 3 heteroatoms. The maximum atomic E-state index is 9.70. The number of nitrogens with one attached hydrogen (secondary N) is 1. The zero-order valence-electron chi connectivity index (χ0n) is 8.16. The molecule has 0 bridgehead atoms. The maximum absolute atomic E-state index is 9.70. The molecule has 74 valence electrons. The van der Waals surface area contributed by atoms with Crippen LogP contribution in [0.4, 0.5) is 0 Å². The van der Waals surface area contributed by atoms with E-state index in [0.717, 1.165) is 12.0 Å². The van der Waals surface area contributed by atoms with E-state index >= 15 is 0 Å². The Balaban J connectivity index is 2.30. The third-order valence-corrected chi connectivity index (χ3v) is 2.90. The van der Waals surface area contributed by atoms with Crippen molar-refractivity contribution in [2.75, 3.05) is 6.54 Å². The second-order valence-corrected chi connectivity index (χ2v) is 4.07. The van der Waals surface area contributed by atoms with Gasteiger partial charge >= 0.3 is 0 Å². The molecule has 0 fully saturated rings. The Hall–Kier alpha value is -0.380. The summed E-state index contributed by atoms with van der Waals surface area (Å²) >= 11 is 1.62. The molecule has 0 saturated heterocycles. The quantitative estimate of drug-likeness (QED) is 0.761. The molecule has 0 aliphatic carbocycles. The van der Waals surface area contributed by atoms with E-state index in [9.17, 15) is 5.11 Å². The van der Waals surface area contributed by atoms with E-state index in [1.54, 1.807) is 11.3 Å². The van der Waals surface area contributed by atoms with Crippen LogP contribution < -0.4 is 5.32 Å². The molecule has 13 heavy (non-hydrogen) atoms. The second kappa shape index (κ2) is 5.37. The molecule has 1 heterocycles. The molecule has 2 N–H and O–H groups in total. The minimum absolute atomic E-state index is 0.361. The highest BCUT2D eigenvalue weighted by molar-refractivity contribution is 7.07. The lowest BCUT2D eigenvalue weighted by atomic mass is 10.2. The average Bonchev–Trinajstić information content (AvgIpc) is 2.66. The molecule has 1 rings (SSSR count). The molecule has 1 aromatic rings. The van der Waals surface area contributed by atoms with E-state index in [-0.39, 0.29) is 6.10 Å². The van der Waals surface area contributed by atoms with Crippen LogP contribution in [0.1, 0.15) is 31.9 Å². The molecule has 0 saturated carbocycles. The lowest BCUT2D eigenvalue weighted by molar-refractivity contribution is 0.171. The first-order chi connectivity index (χ1) is 6.24. The molecule has 2 atom stereocenters. The van der Waals surface area contributed by atoms with Crippen LogP contribution in [0.3, 0.4) is 0 Å². The number of hydrogen-bond donors (Lipinski definition) is 2. The topological polar surface area (TPSA) is 32.3 Å². The van der Waals surface area contributed by atoms with Crippen molar-refractivity contribution in [1.82, 2.24) is 5.32 Å². The first kappa shape index (κ1) is 10.7. The third-order valence-electron chi connectivity index (χ3n) is 2.20. The number of thiophene rings is 1. The van der Waals surface area contributed by atoms with Crippen LogP contribution in [0.25, 0.3) is 0 Å². The van der Waals surface area contributed by atoms with E-state index in [1.807, 2.05) is 16.8 Å². The highest BCUT2D eigenvalue weighted by Gasteiger charge is 2.08. The molecule has 2 unspecified atom stereocenters. The Morgan fingerprint density at radius 2 is 2.38 bits per heavy atom. The van der Waals surface area contributed by atoms with Gasteiger partial charge in [0.05, 0.1) is 6.10 Å². The summed E-state index contributed by atoms with van der Waals surface area (Å²) in [7, 11) is 0. The Morgan fingerprint density at radius 1 is 1.62 bits per heavy atom. The van der Waals surface area contributed by atoms with Gasteiger partial charge in [0.1, 0.15) is 0 Å². The van der Waals surface area contributed by atoms with Gasteiger partial charge in [0.25, 0.3) is 0 Å². The summed E-state index contributed by atoms with van der Waals surface area (Å²) in [5.74, 6) is 0. The number of aliphatic hydroxyl groups excluding tert-OH is 1. The van der Waals surface area contributed by atoms with Gasteiger partial charge in [-0.05, 0) is 35.7 Å². The fourth-order valence-electron chi connectivity index (χ4n) is 1.04. The van der Waals surface area contributed by atoms with Crippen LogP contribution in [-0.2, 0) is 0 Å². The minimum atomic E-state index is -0.361. The van der Waals surface area contributed by atoms with E-state index in [4.69, 9.17) is 0 Å². The Morgan fingerprint density at radius 3 is 2.92 bits per heavy atom. The standard InChI is InChI=1S/C10H17NOS/c1-3-8(2)11-6-10(12)9-4-5-13-7-9/h4-5,7-8,10-12H,3,6H2,1-2H3. The summed E-state index contributed by atoms with van der Waals surface area (Å²) in [6, 6.07) is 2.45. The summed E-state index contributed by atoms with van der Waals surface area (Å²) < 4.78 is 0. The van der Waals surface area contributed by atoms with Gasteiger partial charge in [0, 0.05) is 12.6 Å². The predicted molar refractivity (Wildman–Crippen MR) is 57.0 cm³/mol. The van der Waals surface area contributed by atoms with Gasteiger partial charge in [-0.15, -0.1) is 0 Å². The molecular weight excluding hydrogens is 182 g/mol. The van der Waals surface area contributed by atoms with Gasteiger partial charge in [0.15, 0.2) is 0 Å². The van der Waals surface area contributed by atoms with E-state index in [0.29, 0.717) is 12.6 Å². The first-order valence-electron chi connectivity index (χ1n) is 4.67. The summed E-state index contributed by atoms with van der Waals surface area (Å²) in [5.41, 5.74) is 1.01. The molecule has 2 nitrogen and oxygen atoms in total. The highest BCUT2D eigenvalue weighted by Crippen LogP contribution is 2.15. The molecular formula is C10H17NOS. The summed E-state index contributed by atoms with van der Waals surface area (Å²) in [4.78, 5) is 0. The zero-order chi connectivity index (χ0) is 9.68. The zero-order valence-corrected chi connectivity index (χ0v) is 8.97. The van der Waals surface area contributed by atoms with Crippen molar-refractivity contribution in [1.29, 1.82) is 0 Å². The predicted octanol–water partition coefficient (Wildman–Crippen LogP) is 2.17. The van der Waals surface area contributed by atoms with Gasteiger partial charge < -0.3 is 10.4 Å². The van der Waals surface area contributed by atoms with Crippen molar-refractivity contribution < 1.29 is 5.11 Å². The molecule has 0 radical (unpaired) electrons. The fourth-order valence-corrected chi connectivity index (χ4v) is 1.75. The van der Waals surface area contributed by atoms with E-state index in [1.165, 1.54) is 0 Å². The van der Waals surface area contributed by atoms with Crippen LogP contribution in [-0.4, -0.2) is 17.7 Å². The van der Waals surface area contributed by atoms with Crippen molar-refractivity contribution in [3.8, 4) is 0 Å². The lowest BCUT2D eigenvalue weighted by Gasteiger charge is -2.14. The molecule has 0 aliphatic rings. The van der Waals surface area contributed by atoms with Gasteiger partial charge in [-0.25, -0.2) is 0 Å². The van der Waals surface area contributed by atoms with E-state index < -0.39 is 0 Å². The van der Waals surface area contributed by atoms with E-state index in [2.05, 4.69) is 19.2 Å². The van der Waals surface area contributed by atoms with Crippen LogP contribution in [0.15, 0.2) is 16.8 Å². The van der Waals surface area contributed by atoms with Gasteiger partial charge in [-0.2, -0.15) is 11.3 Å². The largest absolute Gasteiger partial charge is 0.387 e. The Kier molecular flexibility index (Phi) is 4.42. The van der Waals surface area contributed by atoms with Crippen molar-refractivity contribution >= 4 is 11.3 Å². The first-order valence-corrected chi connectivity index (χ1v) is 5.61. The summed E-state index contributed by atoms with van der Waals surface area (Å²) in [6.45, 7) is 4.90. The molecule has 0 aromatic carbocycles. The third kappa shape index (κ3) is 3.46. The number of rotatable bonds is 5. The van der Waals surface area contributed by atoms with Crippen molar-refractivity contribution in [3.05, 3.63) is 22.4 Å². The molecule has 0 amide bonds. The summed E-state index contributed by atoms with van der Waals surface area (Å²) in [6.07, 6.45) is 0.733. The average molecular weight is 199 g/mol. The van der Waals surface area contributed by atoms with Gasteiger partial charge in [0.2, 0.25) is 0 Å². The lowest BCUT2D eigenvalue weighted by Crippen LogP contribution is -2.29. The van der Waals surface area contributed by atoms with Crippen LogP contribution in [0.2, 0.25) is 0 Å². The minimum Gasteiger partial charge on any atom is -0.387 e. The SMILES string of the molecule is CCC(C)NCC(O)c1ccsc1. The van der Waals surface area contributed by atoms with Crippen LogP contribution >= 0.6 is 11.3 Å². The molecule has 0 spiro atoms. The number of aliphatic hydroxyl groups is 1. The maximum Gasteiger partial charge on any atom is 0.0922 e. The number of hydrogen-bond acceptors (Lipinski definition) is 3. The normalized spacial score (nSPS) is 15.6. The van der Waals surface area contributed by atoms with Crippen LogP contribution in [0.5, 0.6) is 0 Å². The van der Waals surface area contributed by atoms with Crippen molar-refractivity contribution in [2.45, 2.75) is 32.4 Å². The van der Waals surface area contributed by atoms with Crippen LogP contribution in [0, 0.1) is 0 Å².